The second-order valence-corrected chi connectivity index (χ2v) is 12.2. The third-order valence-electron chi connectivity index (χ3n) is 6.52. The van der Waals surface area contributed by atoms with Gasteiger partial charge in [0.25, 0.3) is 5.95 Å². The molecule has 4 heterocycles. The zero-order chi connectivity index (χ0) is 32.8. The number of hydrogen-bond acceptors (Lipinski definition) is 10. The van der Waals surface area contributed by atoms with Gasteiger partial charge in [0.1, 0.15) is 6.54 Å². The fraction of sp³-hybridized carbons (Fsp3) is 0.577. The lowest BCUT2D eigenvalue weighted by molar-refractivity contribution is -0.140. The SMILES string of the molecule is C[C@H]1COCCN1c1nc(-c2cnc(N(N(C(=O)O)C(C)(C)C)N(C(=O)O)C(C)(C)C)nc2)nc2c1ncn2CC(F)(F)F. The molecule has 2 amide bonds. The molecule has 0 unspecified atom stereocenters. The van der Waals surface area contributed by atoms with Crippen molar-refractivity contribution in [2.45, 2.75) is 78.3 Å². The Morgan fingerprint density at radius 2 is 1.55 bits per heavy atom. The lowest BCUT2D eigenvalue weighted by atomic mass is 10.1. The largest absolute Gasteiger partial charge is 0.464 e. The van der Waals surface area contributed by atoms with Gasteiger partial charge in [-0.25, -0.2) is 34.5 Å². The molecule has 18 heteroatoms. The Hall–Kier alpha value is -4.48. The highest BCUT2D eigenvalue weighted by atomic mass is 19.4. The highest BCUT2D eigenvalue weighted by Crippen LogP contribution is 2.32. The minimum Gasteiger partial charge on any atom is -0.464 e. The number of imidazole rings is 1. The van der Waals surface area contributed by atoms with Crippen molar-refractivity contribution in [1.82, 2.24) is 39.5 Å². The van der Waals surface area contributed by atoms with Crippen molar-refractivity contribution in [3.05, 3.63) is 18.7 Å². The molecule has 1 fully saturated rings. The Morgan fingerprint density at radius 3 is 2.02 bits per heavy atom. The van der Waals surface area contributed by atoms with E-state index >= 15 is 0 Å². The average Bonchev–Trinajstić information content (AvgIpc) is 3.27. The molecule has 1 aliphatic rings. The number of rotatable bonds is 6. The quantitative estimate of drug-likeness (QED) is 0.375. The summed E-state index contributed by atoms with van der Waals surface area (Å²) in [6.45, 7) is 11.2. The van der Waals surface area contributed by atoms with Crippen LogP contribution in [-0.2, 0) is 11.3 Å². The Bertz CT molecular complexity index is 1490. The summed E-state index contributed by atoms with van der Waals surface area (Å²) in [5, 5.41) is 22.7. The van der Waals surface area contributed by atoms with E-state index in [4.69, 9.17) is 4.74 Å². The number of carboxylic acid groups (broad SMARTS) is 2. The third kappa shape index (κ3) is 6.68. The fourth-order valence-corrected chi connectivity index (χ4v) is 4.72. The number of alkyl halides is 3. The van der Waals surface area contributed by atoms with Crippen molar-refractivity contribution in [3.8, 4) is 11.4 Å². The van der Waals surface area contributed by atoms with Crippen molar-refractivity contribution < 1.29 is 37.7 Å². The zero-order valence-corrected chi connectivity index (χ0v) is 25.4. The summed E-state index contributed by atoms with van der Waals surface area (Å²) in [6, 6.07) is -0.159. The van der Waals surface area contributed by atoms with Gasteiger partial charge in [-0.3, -0.25) is 0 Å². The van der Waals surface area contributed by atoms with Gasteiger partial charge in [-0.15, -0.1) is 5.12 Å². The van der Waals surface area contributed by atoms with E-state index < -0.39 is 36.0 Å². The molecular weight excluding hydrogens is 589 g/mol. The van der Waals surface area contributed by atoms with Crippen LogP contribution in [0.3, 0.4) is 0 Å². The van der Waals surface area contributed by atoms with E-state index in [9.17, 15) is 33.0 Å². The first-order valence-corrected chi connectivity index (χ1v) is 13.6. The Balaban J connectivity index is 1.88. The molecule has 0 saturated carbocycles. The molecule has 0 bridgehead atoms. The summed E-state index contributed by atoms with van der Waals surface area (Å²) in [6.07, 6.45) is -3.90. The van der Waals surface area contributed by atoms with Crippen LogP contribution in [-0.4, -0.2) is 105 Å². The smallest absolute Gasteiger partial charge is 0.428 e. The van der Waals surface area contributed by atoms with Crippen LogP contribution >= 0.6 is 0 Å². The highest BCUT2D eigenvalue weighted by Gasteiger charge is 2.43. The molecule has 240 valence electrons. The predicted molar refractivity (Wildman–Crippen MR) is 152 cm³/mol. The highest BCUT2D eigenvalue weighted by molar-refractivity contribution is 5.86. The molecule has 4 rings (SSSR count). The summed E-state index contributed by atoms with van der Waals surface area (Å²) in [5.74, 6) is 0.000606. The van der Waals surface area contributed by atoms with Crippen LogP contribution in [0.4, 0.5) is 34.5 Å². The topological polar surface area (TPSA) is 166 Å². The average molecular weight is 625 g/mol. The number of ether oxygens (including phenoxy) is 1. The van der Waals surface area contributed by atoms with E-state index in [0.29, 0.717) is 25.6 Å². The van der Waals surface area contributed by atoms with E-state index in [1.807, 2.05) is 11.8 Å². The van der Waals surface area contributed by atoms with Crippen molar-refractivity contribution >= 4 is 35.1 Å². The lowest BCUT2D eigenvalue weighted by Crippen LogP contribution is -2.67. The van der Waals surface area contributed by atoms with E-state index in [1.54, 1.807) is 41.5 Å². The number of fused-ring (bicyclic) bond motifs is 1. The van der Waals surface area contributed by atoms with Gasteiger partial charge in [-0.2, -0.15) is 23.2 Å². The van der Waals surface area contributed by atoms with Crippen LogP contribution in [0.2, 0.25) is 0 Å². The maximum Gasteiger partial charge on any atom is 0.428 e. The monoisotopic (exact) mass is 624 g/mol. The van der Waals surface area contributed by atoms with Gasteiger partial charge in [-0.1, -0.05) is 0 Å². The standard InChI is InChI=1S/C26H35F3N10O5/c1-15-12-44-9-8-36(15)20-17-19(35(14-32-17)13-26(27,28)29)33-18(34-20)16-10-30-21(31-11-16)39(37(22(40)41)24(2,3)4)38(23(42)43)25(5,6)7/h10-11,14-15H,8-9,12-13H2,1-7H3,(H,40,41)(H,42,43)/t15-/m0/s1. The van der Waals surface area contributed by atoms with Crippen LogP contribution in [0.15, 0.2) is 18.7 Å². The zero-order valence-electron chi connectivity index (χ0n) is 25.4. The summed E-state index contributed by atoms with van der Waals surface area (Å²) >= 11 is 0. The van der Waals surface area contributed by atoms with E-state index in [-0.39, 0.29) is 34.5 Å². The molecule has 3 aromatic rings. The molecule has 0 spiro atoms. The van der Waals surface area contributed by atoms with Gasteiger partial charge < -0.3 is 24.4 Å². The van der Waals surface area contributed by atoms with Crippen molar-refractivity contribution in [1.29, 1.82) is 0 Å². The number of halogens is 3. The molecule has 3 aromatic heterocycles. The first-order valence-electron chi connectivity index (χ1n) is 13.6. The summed E-state index contributed by atoms with van der Waals surface area (Å²) in [4.78, 5) is 48.5. The third-order valence-corrected chi connectivity index (χ3v) is 6.52. The van der Waals surface area contributed by atoms with Crippen molar-refractivity contribution in [2.75, 3.05) is 29.8 Å². The number of anilines is 2. The number of hydrogen-bond donors (Lipinski definition) is 2. The number of morpholine rings is 1. The summed E-state index contributed by atoms with van der Waals surface area (Å²) in [5.41, 5.74) is -1.96. The van der Waals surface area contributed by atoms with E-state index in [0.717, 1.165) is 26.0 Å². The molecule has 44 heavy (non-hydrogen) atoms. The van der Waals surface area contributed by atoms with E-state index in [2.05, 4.69) is 24.9 Å². The minimum absolute atomic E-state index is 0.00922. The number of amides is 2. The van der Waals surface area contributed by atoms with Gasteiger partial charge in [0.05, 0.1) is 42.2 Å². The number of hydrazine groups is 2. The molecule has 0 aromatic carbocycles. The van der Waals surface area contributed by atoms with Crippen LogP contribution < -0.4 is 10.0 Å². The molecule has 0 radical (unpaired) electrons. The van der Waals surface area contributed by atoms with Crippen molar-refractivity contribution in [2.24, 2.45) is 0 Å². The van der Waals surface area contributed by atoms with Gasteiger partial charge in [0, 0.05) is 18.9 Å². The van der Waals surface area contributed by atoms with Crippen LogP contribution in [0, 0.1) is 0 Å². The van der Waals surface area contributed by atoms with Crippen LogP contribution in [0.25, 0.3) is 22.6 Å². The molecule has 2 N–H and O–H groups in total. The fourth-order valence-electron chi connectivity index (χ4n) is 4.72. The summed E-state index contributed by atoms with van der Waals surface area (Å²) < 4.78 is 46.5. The molecule has 1 saturated heterocycles. The van der Waals surface area contributed by atoms with Gasteiger partial charge >= 0.3 is 18.4 Å². The van der Waals surface area contributed by atoms with Gasteiger partial charge in [0.15, 0.2) is 22.8 Å². The van der Waals surface area contributed by atoms with Crippen LogP contribution in [0.5, 0.6) is 0 Å². The molecular formula is C26H35F3N10O5. The first kappa shape index (κ1) is 32.4. The van der Waals surface area contributed by atoms with Crippen molar-refractivity contribution in [3.63, 3.8) is 0 Å². The molecule has 1 aliphatic heterocycles. The Labute approximate surface area is 250 Å². The molecule has 15 nitrogen and oxygen atoms in total. The second-order valence-electron chi connectivity index (χ2n) is 12.2. The normalized spacial score (nSPS) is 16.2. The number of nitrogens with zero attached hydrogens (tertiary/aromatic N) is 10. The van der Waals surface area contributed by atoms with E-state index in [1.165, 1.54) is 12.4 Å². The van der Waals surface area contributed by atoms with Gasteiger partial charge in [0.2, 0.25) is 0 Å². The van der Waals surface area contributed by atoms with Gasteiger partial charge in [-0.05, 0) is 48.5 Å². The number of carbonyl (C=O) groups is 2. The lowest BCUT2D eigenvalue weighted by Gasteiger charge is -2.48. The second kappa shape index (κ2) is 11.5. The molecule has 1 atom stereocenters. The maximum atomic E-state index is 13.4. The Kier molecular flexibility index (Phi) is 8.51. The van der Waals surface area contributed by atoms with Crippen LogP contribution in [0.1, 0.15) is 48.5 Å². The number of aromatic nitrogens is 6. The predicted octanol–water partition coefficient (Wildman–Crippen LogP) is 4.26. The Morgan fingerprint density at radius 1 is 0.977 bits per heavy atom. The first-order chi connectivity index (χ1) is 20.3. The minimum atomic E-state index is -4.54. The molecule has 0 aliphatic carbocycles. The maximum absolute atomic E-state index is 13.4. The summed E-state index contributed by atoms with van der Waals surface area (Å²) in [7, 11) is 0.